The molecule has 0 N–H and O–H groups in total. The second-order valence-electron chi connectivity index (χ2n) is 17.5. The van der Waals surface area contributed by atoms with Gasteiger partial charge in [-0.1, -0.05) is 212 Å². The third kappa shape index (κ3) is 6.65. The first kappa shape index (κ1) is 39.4. The molecule has 0 aliphatic carbocycles. The minimum Gasteiger partial charge on any atom is -0.456 e. The molecule has 0 bridgehead atoms. The number of para-hydroxylation sites is 2. The van der Waals surface area contributed by atoms with Crippen LogP contribution in [0, 0.1) is 0 Å². The van der Waals surface area contributed by atoms with Crippen molar-refractivity contribution >= 4 is 71.3 Å². The highest BCUT2D eigenvalue weighted by atomic mass is 16.3. The van der Waals surface area contributed by atoms with Crippen molar-refractivity contribution in [3.8, 4) is 55.6 Å². The van der Waals surface area contributed by atoms with Gasteiger partial charge >= 0.3 is 0 Å². The van der Waals surface area contributed by atoms with Gasteiger partial charge in [0, 0.05) is 27.6 Å². The quantitative estimate of drug-likeness (QED) is 0.142. The van der Waals surface area contributed by atoms with E-state index in [0.717, 1.165) is 77.9 Å². The van der Waals surface area contributed by atoms with Crippen LogP contribution in [0.2, 0.25) is 0 Å². The van der Waals surface area contributed by atoms with Gasteiger partial charge in [-0.3, -0.25) is 0 Å². The number of nitrogens with zero attached hydrogens (tertiary/aromatic N) is 1. The Bertz CT molecular complexity index is 3980. The summed E-state index contributed by atoms with van der Waals surface area (Å²) in [6, 6.07) is 94.7. The monoisotopic (exact) mass is 865 g/mol. The zero-order valence-electron chi connectivity index (χ0n) is 37.2. The van der Waals surface area contributed by atoms with E-state index in [1.165, 1.54) is 49.0 Å². The Hall–Kier alpha value is -8.98. The highest BCUT2D eigenvalue weighted by Gasteiger charge is 2.25. The molecule has 0 spiro atoms. The van der Waals surface area contributed by atoms with Gasteiger partial charge in [0.1, 0.15) is 11.2 Å². The van der Waals surface area contributed by atoms with E-state index in [9.17, 15) is 0 Å². The van der Waals surface area contributed by atoms with Gasteiger partial charge in [-0.15, -0.1) is 0 Å². The molecule has 0 fully saturated rings. The molecule has 1 aromatic heterocycles. The number of hydrogen-bond donors (Lipinski definition) is 0. The van der Waals surface area contributed by atoms with Crippen LogP contribution in [-0.4, -0.2) is 0 Å². The molecule has 0 unspecified atom stereocenters. The maximum atomic E-state index is 6.54. The van der Waals surface area contributed by atoms with Crippen LogP contribution in [-0.2, 0) is 0 Å². The number of fused-ring (bicyclic) bond motifs is 9. The molecule has 0 saturated heterocycles. The topological polar surface area (TPSA) is 16.4 Å². The summed E-state index contributed by atoms with van der Waals surface area (Å²) < 4.78 is 6.54. The van der Waals surface area contributed by atoms with Crippen molar-refractivity contribution in [3.05, 3.63) is 261 Å². The molecule has 13 aromatic rings. The highest BCUT2D eigenvalue weighted by molar-refractivity contribution is 6.26. The summed E-state index contributed by atoms with van der Waals surface area (Å²) in [4.78, 5) is 2.48. The molecule has 0 saturated carbocycles. The standard InChI is InChI=1S/C66H43NO/c1-3-18-44(19-4-1)46-36-39-50(40-37-46)67(61-32-13-11-24-51(61)48-38-41-56-54-27-8-7-25-52(54)53-26-9-10-28-55(53)60(56)43-48)62-33-16-30-57(58-31-17-35-64-66(58)59-29-12-14-34-63(59)68-64)65(62)49-23-15-22-47(42-49)45-20-5-2-6-21-45/h1-43H. The first-order chi connectivity index (χ1) is 33.7. The van der Waals surface area contributed by atoms with Gasteiger partial charge in [-0.25, -0.2) is 0 Å². The van der Waals surface area contributed by atoms with Gasteiger partial charge in [-0.05, 0) is 125 Å². The van der Waals surface area contributed by atoms with Crippen LogP contribution in [0.4, 0.5) is 17.1 Å². The molecule has 0 amide bonds. The van der Waals surface area contributed by atoms with E-state index in [1.807, 2.05) is 6.07 Å². The van der Waals surface area contributed by atoms with Crippen LogP contribution in [0.15, 0.2) is 265 Å². The average Bonchev–Trinajstić information content (AvgIpc) is 3.81. The summed E-state index contributed by atoms with van der Waals surface area (Å²) in [5.74, 6) is 0. The summed E-state index contributed by atoms with van der Waals surface area (Å²) >= 11 is 0. The first-order valence-electron chi connectivity index (χ1n) is 23.3. The lowest BCUT2D eigenvalue weighted by molar-refractivity contribution is 0.669. The maximum Gasteiger partial charge on any atom is 0.136 e. The summed E-state index contributed by atoms with van der Waals surface area (Å²) in [6.45, 7) is 0. The lowest BCUT2D eigenvalue weighted by atomic mass is 9.88. The zero-order valence-corrected chi connectivity index (χ0v) is 37.2. The van der Waals surface area contributed by atoms with Crippen LogP contribution < -0.4 is 4.90 Å². The SMILES string of the molecule is c1ccc(-c2ccc(N(c3ccccc3-c3ccc4c5ccccc5c5ccccc5c4c3)c3cccc(-c4cccc5oc6ccccc6c45)c3-c3cccc(-c4ccccc4)c3)cc2)cc1. The lowest BCUT2D eigenvalue weighted by Crippen LogP contribution is -2.13. The van der Waals surface area contributed by atoms with E-state index < -0.39 is 0 Å². The van der Waals surface area contributed by atoms with E-state index in [4.69, 9.17) is 4.42 Å². The van der Waals surface area contributed by atoms with Crippen LogP contribution in [0.5, 0.6) is 0 Å². The molecule has 0 aliphatic rings. The van der Waals surface area contributed by atoms with E-state index in [1.54, 1.807) is 0 Å². The second kappa shape index (κ2) is 16.5. The number of rotatable bonds is 8. The molecule has 13 rings (SSSR count). The molecule has 1 heterocycles. The number of anilines is 3. The molecular weight excluding hydrogens is 823 g/mol. The molecule has 0 radical (unpaired) electrons. The van der Waals surface area contributed by atoms with Crippen LogP contribution >= 0.6 is 0 Å². The van der Waals surface area contributed by atoms with Gasteiger partial charge in [0.15, 0.2) is 0 Å². The van der Waals surface area contributed by atoms with Gasteiger partial charge in [0.2, 0.25) is 0 Å². The smallest absolute Gasteiger partial charge is 0.136 e. The molecule has 0 aliphatic heterocycles. The molecular formula is C66H43NO. The maximum absolute atomic E-state index is 6.54. The van der Waals surface area contributed by atoms with Crippen molar-refractivity contribution in [2.45, 2.75) is 0 Å². The molecule has 2 heteroatoms. The van der Waals surface area contributed by atoms with Crippen molar-refractivity contribution in [3.63, 3.8) is 0 Å². The van der Waals surface area contributed by atoms with Crippen molar-refractivity contribution in [1.82, 2.24) is 0 Å². The summed E-state index contributed by atoms with van der Waals surface area (Å²) in [6.07, 6.45) is 0. The normalized spacial score (nSPS) is 11.5. The van der Waals surface area contributed by atoms with E-state index in [0.29, 0.717) is 0 Å². The Labute approximate surface area is 395 Å². The lowest BCUT2D eigenvalue weighted by Gasteiger charge is -2.31. The summed E-state index contributed by atoms with van der Waals surface area (Å²) in [5.41, 5.74) is 16.4. The molecule has 318 valence electrons. The van der Waals surface area contributed by atoms with Crippen molar-refractivity contribution in [2.24, 2.45) is 0 Å². The molecule has 68 heavy (non-hydrogen) atoms. The van der Waals surface area contributed by atoms with Crippen LogP contribution in [0.1, 0.15) is 0 Å². The molecule has 0 atom stereocenters. The van der Waals surface area contributed by atoms with E-state index in [2.05, 4.69) is 260 Å². The minimum absolute atomic E-state index is 0.869. The van der Waals surface area contributed by atoms with Gasteiger partial charge < -0.3 is 9.32 Å². The van der Waals surface area contributed by atoms with Crippen molar-refractivity contribution in [1.29, 1.82) is 0 Å². The van der Waals surface area contributed by atoms with Gasteiger partial charge in [-0.2, -0.15) is 0 Å². The zero-order chi connectivity index (χ0) is 45.0. The summed E-state index contributed by atoms with van der Waals surface area (Å²) in [5, 5.41) is 9.76. The van der Waals surface area contributed by atoms with Crippen molar-refractivity contribution < 1.29 is 4.42 Å². The number of hydrogen-bond acceptors (Lipinski definition) is 2. The predicted octanol–water partition coefficient (Wildman–Crippen LogP) is 18.9. The minimum atomic E-state index is 0.869. The Morgan fingerprint density at radius 2 is 0.721 bits per heavy atom. The third-order valence-electron chi connectivity index (χ3n) is 13.7. The fraction of sp³-hybridized carbons (Fsp3) is 0. The Balaban J connectivity index is 1.10. The largest absolute Gasteiger partial charge is 0.456 e. The van der Waals surface area contributed by atoms with Crippen LogP contribution in [0.3, 0.4) is 0 Å². The summed E-state index contributed by atoms with van der Waals surface area (Å²) in [7, 11) is 0. The van der Waals surface area contributed by atoms with E-state index in [-0.39, 0.29) is 0 Å². The highest BCUT2D eigenvalue weighted by Crippen LogP contribution is 2.50. The Morgan fingerprint density at radius 1 is 0.250 bits per heavy atom. The number of benzene rings is 12. The fourth-order valence-corrected chi connectivity index (χ4v) is 10.6. The van der Waals surface area contributed by atoms with Crippen molar-refractivity contribution in [2.75, 3.05) is 4.90 Å². The fourth-order valence-electron chi connectivity index (χ4n) is 10.6. The van der Waals surface area contributed by atoms with E-state index >= 15 is 0 Å². The van der Waals surface area contributed by atoms with Gasteiger partial charge in [0.05, 0.1) is 11.4 Å². The number of furan rings is 1. The Kier molecular flexibility index (Phi) is 9.54. The molecule has 2 nitrogen and oxygen atoms in total. The average molecular weight is 866 g/mol. The third-order valence-corrected chi connectivity index (χ3v) is 13.7. The molecule has 12 aromatic carbocycles. The van der Waals surface area contributed by atoms with Gasteiger partial charge in [0.25, 0.3) is 0 Å². The van der Waals surface area contributed by atoms with Crippen LogP contribution in [0.25, 0.3) is 110 Å². The predicted molar refractivity (Wildman–Crippen MR) is 288 cm³/mol. The first-order valence-corrected chi connectivity index (χ1v) is 23.3. The Morgan fingerprint density at radius 3 is 1.46 bits per heavy atom. The second-order valence-corrected chi connectivity index (χ2v) is 17.5.